The fourth-order valence-corrected chi connectivity index (χ4v) is 8.76. The van der Waals surface area contributed by atoms with E-state index >= 15 is 0 Å². The molecule has 0 aliphatic heterocycles. The van der Waals surface area contributed by atoms with Gasteiger partial charge in [0, 0.05) is 40.0 Å². The Morgan fingerprint density at radius 1 is 0.875 bits per heavy atom. The van der Waals surface area contributed by atoms with E-state index in [-0.39, 0.29) is 25.4 Å². The van der Waals surface area contributed by atoms with Crippen molar-refractivity contribution in [1.29, 1.82) is 0 Å². The summed E-state index contributed by atoms with van der Waals surface area (Å²) >= 11 is 0. The lowest BCUT2D eigenvalue weighted by atomic mass is 9.41. The van der Waals surface area contributed by atoms with E-state index in [9.17, 15) is 34.5 Å². The van der Waals surface area contributed by atoms with Crippen LogP contribution in [0.2, 0.25) is 0 Å². The van der Waals surface area contributed by atoms with E-state index in [0.29, 0.717) is 19.3 Å². The molecule has 0 bridgehead atoms. The first-order chi connectivity index (χ1) is 18.4. The van der Waals surface area contributed by atoms with E-state index in [1.165, 1.54) is 41.5 Å². The molecule has 4 aliphatic carbocycles. The van der Waals surface area contributed by atoms with Crippen molar-refractivity contribution in [1.82, 2.24) is 0 Å². The van der Waals surface area contributed by atoms with Crippen LogP contribution in [-0.2, 0) is 38.1 Å². The van der Waals surface area contributed by atoms with Crippen molar-refractivity contribution >= 4 is 23.9 Å². The SMILES string of the molecule is CC(=O)O[C@H]1CC[C@@]2(C)C(=CC[C@]3(O)[C@@H]2[C@H](OC(C)=O)[C@@H](OC(C)=O)[C@@]2(C)[C@]3(O)CC[C@@]2(O)[C@H](C)OC(C)=O)C1. The van der Waals surface area contributed by atoms with E-state index in [2.05, 4.69) is 0 Å². The Labute approximate surface area is 234 Å². The van der Waals surface area contributed by atoms with Gasteiger partial charge in [-0.1, -0.05) is 25.5 Å². The summed E-state index contributed by atoms with van der Waals surface area (Å²) in [4.78, 5) is 48.7. The van der Waals surface area contributed by atoms with E-state index in [1.807, 2.05) is 13.0 Å². The van der Waals surface area contributed by atoms with Gasteiger partial charge < -0.3 is 34.3 Å². The average Bonchev–Trinajstić information content (AvgIpc) is 3.05. The minimum Gasteiger partial charge on any atom is -0.462 e. The Morgan fingerprint density at radius 2 is 1.48 bits per heavy atom. The summed E-state index contributed by atoms with van der Waals surface area (Å²) in [7, 11) is 0. The second-order valence-corrected chi connectivity index (χ2v) is 12.6. The maximum atomic E-state index is 12.7. The molecule has 0 aromatic carbocycles. The van der Waals surface area contributed by atoms with Crippen molar-refractivity contribution in [2.75, 3.05) is 0 Å². The predicted molar refractivity (Wildman–Crippen MR) is 138 cm³/mol. The second-order valence-electron chi connectivity index (χ2n) is 12.6. The van der Waals surface area contributed by atoms with E-state index in [0.717, 1.165) is 5.57 Å². The molecule has 0 heterocycles. The molecule has 0 unspecified atom stereocenters. The minimum absolute atomic E-state index is 0.0515. The standard InChI is InChI=1S/C29H42O11/c1-15(37-16(2)30)27(34)12-13-29(36)26(27,7)24(40-19(5)33)22(39-18(4)32)23-25(6)10-9-21(38-17(3)31)14-20(25)8-11-28(23,29)35/h8,15,21-24,34-36H,9-14H2,1-7H3/t15-,21-,22-,23+,24+,25-,26+,27+,28-,29+/m0/s1. The Bertz CT molecular complexity index is 1130. The zero-order valence-electron chi connectivity index (χ0n) is 24.3. The molecule has 4 rings (SSSR count). The average molecular weight is 567 g/mol. The Hall–Kier alpha value is -2.50. The van der Waals surface area contributed by atoms with Gasteiger partial charge in [-0.05, 0) is 44.4 Å². The van der Waals surface area contributed by atoms with Crippen LogP contribution < -0.4 is 0 Å². The highest BCUT2D eigenvalue weighted by atomic mass is 16.6. The van der Waals surface area contributed by atoms with Crippen LogP contribution in [0.4, 0.5) is 0 Å². The van der Waals surface area contributed by atoms with Crippen LogP contribution in [0.15, 0.2) is 11.6 Å². The van der Waals surface area contributed by atoms with Gasteiger partial charge in [0.15, 0.2) is 6.10 Å². The molecule has 10 atom stereocenters. The predicted octanol–water partition coefficient (Wildman–Crippen LogP) is 1.88. The molecule has 40 heavy (non-hydrogen) atoms. The van der Waals surface area contributed by atoms with Gasteiger partial charge in [0.05, 0.1) is 5.41 Å². The van der Waals surface area contributed by atoms with Gasteiger partial charge in [0.2, 0.25) is 0 Å². The molecule has 3 saturated carbocycles. The summed E-state index contributed by atoms with van der Waals surface area (Å²) in [6, 6.07) is 0. The van der Waals surface area contributed by atoms with Gasteiger partial charge >= 0.3 is 23.9 Å². The molecule has 0 aromatic rings. The van der Waals surface area contributed by atoms with Crippen LogP contribution in [0.25, 0.3) is 0 Å². The maximum Gasteiger partial charge on any atom is 0.303 e. The number of fused-ring (bicyclic) bond motifs is 5. The highest BCUT2D eigenvalue weighted by molar-refractivity contribution is 5.68. The molecule has 11 nitrogen and oxygen atoms in total. The number of aliphatic hydroxyl groups is 3. The molecule has 0 amide bonds. The minimum atomic E-state index is -2.05. The fourth-order valence-electron chi connectivity index (χ4n) is 8.76. The van der Waals surface area contributed by atoms with Gasteiger partial charge in [-0.25, -0.2) is 0 Å². The molecule has 11 heteroatoms. The number of hydrogen-bond acceptors (Lipinski definition) is 11. The van der Waals surface area contributed by atoms with Gasteiger partial charge in [0.25, 0.3) is 0 Å². The van der Waals surface area contributed by atoms with Crippen molar-refractivity contribution in [2.45, 2.75) is 128 Å². The molecule has 0 spiro atoms. The fraction of sp³-hybridized carbons (Fsp3) is 0.793. The van der Waals surface area contributed by atoms with Crippen LogP contribution in [0.5, 0.6) is 0 Å². The number of carbonyl (C=O) groups excluding carboxylic acids is 4. The number of hydrogen-bond donors (Lipinski definition) is 3. The Morgan fingerprint density at radius 3 is 2.02 bits per heavy atom. The summed E-state index contributed by atoms with van der Waals surface area (Å²) in [5.74, 6) is -3.43. The molecule has 4 aliphatic rings. The summed E-state index contributed by atoms with van der Waals surface area (Å²) in [6.45, 7) is 9.81. The molecule has 3 fully saturated rings. The quantitative estimate of drug-likeness (QED) is 0.253. The first-order valence-corrected chi connectivity index (χ1v) is 13.9. The molecule has 0 aromatic heterocycles. The maximum absolute atomic E-state index is 12.7. The smallest absolute Gasteiger partial charge is 0.303 e. The lowest BCUT2D eigenvalue weighted by Gasteiger charge is -2.69. The van der Waals surface area contributed by atoms with Crippen LogP contribution >= 0.6 is 0 Å². The summed E-state index contributed by atoms with van der Waals surface area (Å²) in [6.07, 6.45) is -1.31. The van der Waals surface area contributed by atoms with Crippen LogP contribution in [0.1, 0.15) is 87.0 Å². The number of esters is 4. The van der Waals surface area contributed by atoms with Crippen molar-refractivity contribution < 1.29 is 53.4 Å². The third kappa shape index (κ3) is 4.10. The third-order valence-electron chi connectivity index (χ3n) is 10.5. The number of ether oxygens (including phenoxy) is 4. The molecule has 224 valence electrons. The number of rotatable bonds is 5. The van der Waals surface area contributed by atoms with Gasteiger partial charge in [-0.15, -0.1) is 0 Å². The van der Waals surface area contributed by atoms with Crippen LogP contribution in [0, 0.1) is 16.7 Å². The molecular weight excluding hydrogens is 524 g/mol. The summed E-state index contributed by atoms with van der Waals surface area (Å²) < 4.78 is 22.6. The van der Waals surface area contributed by atoms with Gasteiger partial charge in [-0.3, -0.25) is 19.2 Å². The molecule has 0 radical (unpaired) electrons. The van der Waals surface area contributed by atoms with Crippen LogP contribution in [0.3, 0.4) is 0 Å². The van der Waals surface area contributed by atoms with E-state index in [4.69, 9.17) is 18.9 Å². The lowest BCUT2D eigenvalue weighted by Crippen LogP contribution is -2.82. The molecule has 3 N–H and O–H groups in total. The lowest BCUT2D eigenvalue weighted by molar-refractivity contribution is -0.352. The first-order valence-electron chi connectivity index (χ1n) is 13.9. The van der Waals surface area contributed by atoms with Crippen molar-refractivity contribution in [3.05, 3.63) is 11.6 Å². The Balaban J connectivity index is 1.95. The monoisotopic (exact) mass is 566 g/mol. The topological polar surface area (TPSA) is 166 Å². The number of carbonyl (C=O) groups is 4. The summed E-state index contributed by atoms with van der Waals surface area (Å²) in [5.41, 5.74) is -7.75. The van der Waals surface area contributed by atoms with Crippen molar-refractivity contribution in [3.63, 3.8) is 0 Å². The van der Waals surface area contributed by atoms with Gasteiger partial charge in [-0.2, -0.15) is 0 Å². The Kier molecular flexibility index (Phi) is 7.46. The van der Waals surface area contributed by atoms with Crippen molar-refractivity contribution in [2.24, 2.45) is 16.7 Å². The van der Waals surface area contributed by atoms with Crippen molar-refractivity contribution in [3.8, 4) is 0 Å². The van der Waals surface area contributed by atoms with Gasteiger partial charge in [0.1, 0.15) is 35.1 Å². The third-order valence-corrected chi connectivity index (χ3v) is 10.5. The zero-order valence-corrected chi connectivity index (χ0v) is 24.3. The summed E-state index contributed by atoms with van der Waals surface area (Å²) in [5, 5.41) is 37.6. The van der Waals surface area contributed by atoms with E-state index < -0.39 is 75.7 Å². The van der Waals surface area contributed by atoms with E-state index in [1.54, 1.807) is 0 Å². The zero-order chi connectivity index (χ0) is 30.1. The first kappa shape index (κ1) is 30.5. The van der Waals surface area contributed by atoms with Crippen LogP contribution in [-0.4, -0.2) is 80.4 Å². The largest absolute Gasteiger partial charge is 0.462 e. The second kappa shape index (κ2) is 9.80. The normalized spacial score (nSPS) is 44.6. The molecule has 0 saturated heterocycles. The highest BCUT2D eigenvalue weighted by Crippen LogP contribution is 2.71. The highest BCUT2D eigenvalue weighted by Gasteiger charge is 2.84. The molecular formula is C29H42O11.